The van der Waals surface area contributed by atoms with E-state index in [0.29, 0.717) is 52.8 Å². The topological polar surface area (TPSA) is 123 Å². The van der Waals surface area contributed by atoms with E-state index < -0.39 is 22.9 Å². The zero-order chi connectivity index (χ0) is 31.7. The van der Waals surface area contributed by atoms with Gasteiger partial charge < -0.3 is 19.1 Å². The monoisotopic (exact) mass is 636 g/mol. The van der Waals surface area contributed by atoms with E-state index >= 15 is 0 Å². The van der Waals surface area contributed by atoms with Gasteiger partial charge in [0.2, 0.25) is 5.91 Å². The molecule has 6 rings (SSSR count). The zero-order valence-electron chi connectivity index (χ0n) is 26.2. The molecule has 45 heavy (non-hydrogen) atoms. The number of ether oxygens (including phenoxy) is 3. The van der Waals surface area contributed by atoms with Crippen LogP contribution in [-0.4, -0.2) is 74.5 Å². The number of amides is 1. The molecular weight excluding hydrogens is 596 g/mol. The van der Waals surface area contributed by atoms with Gasteiger partial charge in [-0.15, -0.1) is 4.80 Å². The summed E-state index contributed by atoms with van der Waals surface area (Å²) in [5.74, 6) is 0.394. The minimum absolute atomic E-state index is 0.0863. The number of carbonyl (C=O) groups excluding carboxylic acids is 1. The minimum Gasteiger partial charge on any atom is -0.496 e. The fourth-order valence-corrected chi connectivity index (χ4v) is 7.66. The van der Waals surface area contributed by atoms with Crippen molar-refractivity contribution in [2.45, 2.75) is 77.2 Å². The van der Waals surface area contributed by atoms with Gasteiger partial charge in [-0.25, -0.2) is 9.36 Å². The van der Waals surface area contributed by atoms with Crippen LogP contribution in [-0.2, 0) is 26.4 Å². The van der Waals surface area contributed by atoms with Gasteiger partial charge >= 0.3 is 5.69 Å². The highest BCUT2D eigenvalue weighted by Gasteiger charge is 2.39. The summed E-state index contributed by atoms with van der Waals surface area (Å²) >= 11 is 1.27. The lowest BCUT2D eigenvalue weighted by atomic mass is 10.00. The van der Waals surface area contributed by atoms with Crippen molar-refractivity contribution in [3.8, 4) is 10.8 Å². The molecule has 0 aliphatic carbocycles. The summed E-state index contributed by atoms with van der Waals surface area (Å²) in [7, 11) is 1.61. The number of carbonyl (C=O) groups is 1. The Bertz CT molecular complexity index is 1780. The number of methoxy groups -OCH3 is 1. The number of para-hydroxylation sites is 1. The predicted octanol–water partition coefficient (Wildman–Crippen LogP) is 3.81. The summed E-state index contributed by atoms with van der Waals surface area (Å²) in [6.45, 7) is 7.64. The number of hydrogen-bond donors (Lipinski definition) is 0. The Morgan fingerprint density at radius 1 is 1.09 bits per heavy atom. The van der Waals surface area contributed by atoms with Crippen LogP contribution < -0.4 is 16.0 Å². The fourth-order valence-electron chi connectivity index (χ4n) is 6.44. The van der Waals surface area contributed by atoms with Crippen molar-refractivity contribution >= 4 is 27.5 Å². The van der Waals surface area contributed by atoms with Crippen LogP contribution in [0.4, 0.5) is 0 Å². The van der Waals surface area contributed by atoms with Crippen molar-refractivity contribution in [2.75, 3.05) is 33.4 Å². The number of likely N-dealkylation sites (tertiary alicyclic amines) is 1. The summed E-state index contributed by atoms with van der Waals surface area (Å²) < 4.78 is 20.7. The van der Waals surface area contributed by atoms with Gasteiger partial charge in [-0.1, -0.05) is 29.5 Å². The molecule has 2 aliphatic heterocycles. The number of thiophene rings is 1. The van der Waals surface area contributed by atoms with E-state index in [9.17, 15) is 14.4 Å². The van der Waals surface area contributed by atoms with E-state index in [2.05, 4.69) is 10.2 Å². The fraction of sp³-hybridized carbons (Fsp3) is 0.531. The second-order valence-corrected chi connectivity index (χ2v) is 13.1. The normalized spacial score (nSPS) is 17.1. The highest BCUT2D eigenvalue weighted by atomic mass is 32.1. The number of rotatable bonds is 9. The molecule has 1 unspecified atom stereocenters. The van der Waals surface area contributed by atoms with E-state index in [1.165, 1.54) is 16.1 Å². The Hall–Kier alpha value is -3.81. The molecule has 2 saturated heterocycles. The smallest absolute Gasteiger partial charge is 0.333 e. The quantitative estimate of drug-likeness (QED) is 0.272. The standard InChI is InChI=1S/C32H40N6O6S/c1-21-26-27(39)37(32(2,3)30(40)35-16-8-5-9-17-35)31(41)36(29(26)45-28(21)38-33-14-15-34-38)20-25(44-22-12-18-43-19-13-22)23-10-6-7-11-24(23)42-4/h6-7,10-11,14-15,22,25H,5,8-9,12-13,16-20H2,1-4H3. The average molecular weight is 637 g/mol. The first-order valence-electron chi connectivity index (χ1n) is 15.5. The molecule has 0 radical (unpaired) electrons. The zero-order valence-corrected chi connectivity index (χ0v) is 27.0. The number of benzene rings is 1. The molecule has 12 nitrogen and oxygen atoms in total. The maximum Gasteiger partial charge on any atom is 0.333 e. The van der Waals surface area contributed by atoms with Crippen molar-refractivity contribution < 1.29 is 19.0 Å². The number of aryl methyl sites for hydroxylation is 1. The van der Waals surface area contributed by atoms with E-state index in [1.807, 2.05) is 31.2 Å². The highest BCUT2D eigenvalue weighted by Crippen LogP contribution is 2.35. The predicted molar refractivity (Wildman–Crippen MR) is 170 cm³/mol. The first-order valence-corrected chi connectivity index (χ1v) is 16.4. The van der Waals surface area contributed by atoms with Gasteiger partial charge in [0.15, 0.2) is 0 Å². The number of hydrogen-bond acceptors (Lipinski definition) is 9. The lowest BCUT2D eigenvalue weighted by molar-refractivity contribution is -0.140. The van der Waals surface area contributed by atoms with E-state index in [4.69, 9.17) is 14.2 Å². The van der Waals surface area contributed by atoms with Gasteiger partial charge in [-0.05, 0) is 58.9 Å². The average Bonchev–Trinajstić information content (AvgIpc) is 3.71. The lowest BCUT2D eigenvalue weighted by Crippen LogP contribution is -2.57. The van der Waals surface area contributed by atoms with E-state index in [0.717, 1.165) is 42.2 Å². The third kappa shape index (κ3) is 5.84. The molecule has 0 saturated carbocycles. The molecule has 0 bridgehead atoms. The Labute approximate surface area is 265 Å². The lowest BCUT2D eigenvalue weighted by Gasteiger charge is -2.35. The van der Waals surface area contributed by atoms with Crippen LogP contribution in [0.3, 0.4) is 0 Å². The second-order valence-electron chi connectivity index (χ2n) is 12.2. The van der Waals surface area contributed by atoms with Crippen molar-refractivity contribution in [3.63, 3.8) is 0 Å². The molecule has 1 aromatic carbocycles. The van der Waals surface area contributed by atoms with Crippen LogP contribution in [0, 0.1) is 6.92 Å². The summed E-state index contributed by atoms with van der Waals surface area (Å²) in [6, 6.07) is 7.60. The molecular formula is C32H40N6O6S. The largest absolute Gasteiger partial charge is 0.496 e. The Kier molecular flexibility index (Phi) is 8.94. The molecule has 5 heterocycles. The van der Waals surface area contributed by atoms with Crippen LogP contribution in [0.5, 0.6) is 5.75 Å². The third-order valence-corrected chi connectivity index (χ3v) is 10.2. The molecule has 3 aromatic heterocycles. The Balaban J connectivity index is 1.55. The third-order valence-electron chi connectivity index (χ3n) is 8.87. The van der Waals surface area contributed by atoms with Crippen LogP contribution in [0.1, 0.15) is 63.2 Å². The van der Waals surface area contributed by atoms with Crippen molar-refractivity contribution in [1.82, 2.24) is 29.0 Å². The van der Waals surface area contributed by atoms with Gasteiger partial charge in [0, 0.05) is 37.4 Å². The van der Waals surface area contributed by atoms with Crippen LogP contribution in [0.25, 0.3) is 15.2 Å². The van der Waals surface area contributed by atoms with Gasteiger partial charge in [-0.2, -0.15) is 10.2 Å². The summed E-state index contributed by atoms with van der Waals surface area (Å²) in [5, 5.41) is 9.58. The Morgan fingerprint density at radius 3 is 2.47 bits per heavy atom. The maximum atomic E-state index is 14.7. The highest BCUT2D eigenvalue weighted by molar-refractivity contribution is 7.21. The van der Waals surface area contributed by atoms with Crippen LogP contribution in [0.15, 0.2) is 46.2 Å². The molecule has 2 fully saturated rings. The van der Waals surface area contributed by atoms with Gasteiger partial charge in [0.1, 0.15) is 27.2 Å². The second kappa shape index (κ2) is 12.9. The SMILES string of the molecule is COc1ccccc1C(Cn1c(=O)n(C(C)(C)C(=O)N2CCCCC2)c(=O)c2c(C)c(-n3nccn3)sc21)OC1CCOCC1. The number of nitrogens with zero attached hydrogens (tertiary/aromatic N) is 6. The first kappa shape index (κ1) is 31.2. The number of fused-ring (bicyclic) bond motifs is 1. The molecule has 1 atom stereocenters. The molecule has 4 aromatic rings. The summed E-state index contributed by atoms with van der Waals surface area (Å²) in [6.07, 6.45) is 6.74. The summed E-state index contributed by atoms with van der Waals surface area (Å²) in [4.78, 5) is 46.7. The van der Waals surface area contributed by atoms with Crippen molar-refractivity contribution in [2.24, 2.45) is 0 Å². The van der Waals surface area contributed by atoms with Gasteiger partial charge in [0.25, 0.3) is 5.56 Å². The maximum absolute atomic E-state index is 14.7. The molecule has 0 N–H and O–H groups in total. The number of piperidine rings is 1. The van der Waals surface area contributed by atoms with Crippen molar-refractivity contribution in [1.29, 1.82) is 0 Å². The van der Waals surface area contributed by atoms with Crippen molar-refractivity contribution in [3.05, 3.63) is 68.6 Å². The molecule has 13 heteroatoms. The van der Waals surface area contributed by atoms with Gasteiger partial charge in [-0.3, -0.25) is 14.2 Å². The molecule has 240 valence electrons. The minimum atomic E-state index is -1.43. The molecule has 2 aliphatic rings. The number of aromatic nitrogens is 5. The molecule has 0 spiro atoms. The first-order chi connectivity index (χ1) is 21.7. The Morgan fingerprint density at radius 2 is 1.78 bits per heavy atom. The van der Waals surface area contributed by atoms with Crippen LogP contribution >= 0.6 is 11.3 Å². The van der Waals surface area contributed by atoms with E-state index in [-0.39, 0.29) is 18.6 Å². The summed E-state index contributed by atoms with van der Waals surface area (Å²) in [5.41, 5.74) is -1.08. The van der Waals surface area contributed by atoms with E-state index in [1.54, 1.807) is 42.8 Å². The van der Waals surface area contributed by atoms with Gasteiger partial charge in [0.05, 0.1) is 37.5 Å². The molecule has 1 amide bonds. The van der Waals surface area contributed by atoms with Crippen LogP contribution in [0.2, 0.25) is 0 Å².